The van der Waals surface area contributed by atoms with Crippen molar-refractivity contribution in [3.05, 3.63) is 71.8 Å². The second kappa shape index (κ2) is 9.34. The third-order valence-electron chi connectivity index (χ3n) is 3.32. The molecular formula is C19H18O6. The molecule has 0 radical (unpaired) electrons. The van der Waals surface area contributed by atoms with Gasteiger partial charge in [0.05, 0.1) is 6.42 Å². The van der Waals surface area contributed by atoms with Crippen LogP contribution >= 0.6 is 0 Å². The standard InChI is InChI=1S/C19H18O6/c20-16(11-18(22)24-12-14-7-3-1-4-8-14)19(23)25-13-17(21)15-9-5-2-6-10-15/h1-10,16,20H,11-13H2/t16-/m0/s1. The monoisotopic (exact) mass is 342 g/mol. The number of hydrogen-bond acceptors (Lipinski definition) is 6. The molecule has 0 aliphatic heterocycles. The Bertz CT molecular complexity index is 711. The Morgan fingerprint density at radius 2 is 1.48 bits per heavy atom. The number of rotatable bonds is 8. The molecule has 1 N–H and O–H groups in total. The van der Waals surface area contributed by atoms with E-state index in [2.05, 4.69) is 0 Å². The number of esters is 2. The van der Waals surface area contributed by atoms with Crippen molar-refractivity contribution in [2.24, 2.45) is 0 Å². The second-order valence-electron chi connectivity index (χ2n) is 5.26. The molecule has 0 saturated heterocycles. The Hall–Kier alpha value is -2.99. The first-order valence-corrected chi connectivity index (χ1v) is 7.69. The van der Waals surface area contributed by atoms with Crippen LogP contribution in [-0.2, 0) is 25.7 Å². The Balaban J connectivity index is 1.72. The quantitative estimate of drug-likeness (QED) is 0.582. The molecule has 0 fully saturated rings. The Morgan fingerprint density at radius 1 is 0.880 bits per heavy atom. The molecule has 0 aromatic heterocycles. The highest BCUT2D eigenvalue weighted by molar-refractivity contribution is 5.98. The minimum Gasteiger partial charge on any atom is -0.461 e. The van der Waals surface area contributed by atoms with Crippen LogP contribution in [0.2, 0.25) is 0 Å². The summed E-state index contributed by atoms with van der Waals surface area (Å²) in [7, 11) is 0. The molecular weight excluding hydrogens is 324 g/mol. The summed E-state index contributed by atoms with van der Waals surface area (Å²) in [6.07, 6.45) is -2.21. The topological polar surface area (TPSA) is 89.9 Å². The molecule has 2 rings (SSSR count). The van der Waals surface area contributed by atoms with Crippen LogP contribution in [0.25, 0.3) is 0 Å². The average molecular weight is 342 g/mol. The number of aliphatic hydroxyl groups excluding tert-OH is 1. The normalized spacial score (nSPS) is 11.4. The van der Waals surface area contributed by atoms with Crippen LogP contribution in [0.5, 0.6) is 0 Å². The largest absolute Gasteiger partial charge is 0.461 e. The molecule has 25 heavy (non-hydrogen) atoms. The van der Waals surface area contributed by atoms with Gasteiger partial charge in [0.25, 0.3) is 0 Å². The molecule has 0 aliphatic rings. The molecule has 0 unspecified atom stereocenters. The molecule has 0 spiro atoms. The van der Waals surface area contributed by atoms with E-state index in [1.807, 2.05) is 6.07 Å². The average Bonchev–Trinajstić information content (AvgIpc) is 2.65. The lowest BCUT2D eigenvalue weighted by Gasteiger charge is -2.10. The van der Waals surface area contributed by atoms with Crippen molar-refractivity contribution in [2.45, 2.75) is 19.1 Å². The lowest BCUT2D eigenvalue weighted by atomic mass is 10.1. The van der Waals surface area contributed by atoms with Gasteiger partial charge in [-0.3, -0.25) is 9.59 Å². The number of Topliss-reactive ketones (excluding diaryl/α,β-unsaturated/α-hetero) is 1. The van der Waals surface area contributed by atoms with Gasteiger partial charge in [-0.1, -0.05) is 60.7 Å². The third-order valence-corrected chi connectivity index (χ3v) is 3.32. The Labute approximate surface area is 145 Å². The van der Waals surface area contributed by atoms with E-state index in [1.165, 1.54) is 0 Å². The van der Waals surface area contributed by atoms with Crippen LogP contribution in [0.4, 0.5) is 0 Å². The van der Waals surface area contributed by atoms with Crippen LogP contribution in [0.1, 0.15) is 22.3 Å². The molecule has 0 bridgehead atoms. The summed E-state index contributed by atoms with van der Waals surface area (Å²) < 4.78 is 9.71. The number of carbonyl (C=O) groups excluding carboxylic acids is 3. The van der Waals surface area contributed by atoms with Gasteiger partial charge in [-0.05, 0) is 5.56 Å². The van der Waals surface area contributed by atoms with E-state index < -0.39 is 36.9 Å². The highest BCUT2D eigenvalue weighted by Gasteiger charge is 2.22. The molecule has 0 saturated carbocycles. The third kappa shape index (κ3) is 6.19. The fourth-order valence-electron chi connectivity index (χ4n) is 1.98. The first-order valence-electron chi connectivity index (χ1n) is 7.69. The lowest BCUT2D eigenvalue weighted by molar-refractivity contribution is -0.159. The summed E-state index contributed by atoms with van der Waals surface area (Å²) in [5.41, 5.74) is 1.19. The number of ketones is 1. The van der Waals surface area contributed by atoms with Gasteiger partial charge >= 0.3 is 11.9 Å². The summed E-state index contributed by atoms with van der Waals surface area (Å²) in [5, 5.41) is 9.68. The molecule has 0 amide bonds. The molecule has 1 atom stereocenters. The van der Waals surface area contributed by atoms with E-state index in [-0.39, 0.29) is 6.61 Å². The van der Waals surface area contributed by atoms with Crippen molar-refractivity contribution in [3.63, 3.8) is 0 Å². The molecule has 0 aliphatic carbocycles. The minimum atomic E-state index is -1.67. The highest BCUT2D eigenvalue weighted by atomic mass is 16.6. The van der Waals surface area contributed by atoms with E-state index in [4.69, 9.17) is 9.47 Å². The van der Waals surface area contributed by atoms with Gasteiger partial charge in [0, 0.05) is 5.56 Å². The van der Waals surface area contributed by atoms with E-state index in [0.29, 0.717) is 5.56 Å². The maximum absolute atomic E-state index is 11.8. The molecule has 2 aromatic carbocycles. The maximum Gasteiger partial charge on any atom is 0.336 e. The molecule has 6 heteroatoms. The van der Waals surface area contributed by atoms with Crippen molar-refractivity contribution < 1.29 is 29.0 Å². The van der Waals surface area contributed by atoms with Crippen LogP contribution < -0.4 is 0 Å². The number of benzene rings is 2. The van der Waals surface area contributed by atoms with E-state index in [0.717, 1.165) is 5.56 Å². The molecule has 6 nitrogen and oxygen atoms in total. The van der Waals surface area contributed by atoms with Crippen LogP contribution in [0.15, 0.2) is 60.7 Å². The fourth-order valence-corrected chi connectivity index (χ4v) is 1.98. The van der Waals surface area contributed by atoms with Gasteiger partial charge in [0.2, 0.25) is 0 Å². The van der Waals surface area contributed by atoms with Crippen molar-refractivity contribution in [1.29, 1.82) is 0 Å². The molecule has 0 heterocycles. The Morgan fingerprint density at radius 3 is 2.12 bits per heavy atom. The SMILES string of the molecule is O=C(C[C@H](O)C(=O)OCC(=O)c1ccccc1)OCc1ccccc1. The van der Waals surface area contributed by atoms with Crippen molar-refractivity contribution in [2.75, 3.05) is 6.61 Å². The summed E-state index contributed by atoms with van der Waals surface area (Å²) in [6, 6.07) is 17.3. The van der Waals surface area contributed by atoms with Crippen molar-refractivity contribution in [1.82, 2.24) is 0 Å². The summed E-state index contributed by atoms with van der Waals surface area (Å²) >= 11 is 0. The predicted octanol–water partition coefficient (Wildman–Crippen LogP) is 1.91. The smallest absolute Gasteiger partial charge is 0.336 e. The van der Waals surface area contributed by atoms with E-state index in [9.17, 15) is 19.5 Å². The number of ether oxygens (including phenoxy) is 2. The van der Waals surface area contributed by atoms with Gasteiger partial charge in [-0.25, -0.2) is 4.79 Å². The van der Waals surface area contributed by atoms with Gasteiger partial charge in [0.15, 0.2) is 18.5 Å². The minimum absolute atomic E-state index is 0.0495. The zero-order valence-corrected chi connectivity index (χ0v) is 13.5. The zero-order chi connectivity index (χ0) is 18.1. The number of aliphatic hydroxyl groups is 1. The van der Waals surface area contributed by atoms with E-state index in [1.54, 1.807) is 54.6 Å². The summed E-state index contributed by atoms with van der Waals surface area (Å²) in [4.78, 5) is 35.1. The van der Waals surface area contributed by atoms with Crippen molar-refractivity contribution in [3.8, 4) is 0 Å². The maximum atomic E-state index is 11.8. The first-order chi connectivity index (χ1) is 12.1. The van der Waals surface area contributed by atoms with Crippen LogP contribution in [-0.4, -0.2) is 35.5 Å². The van der Waals surface area contributed by atoms with Gasteiger partial charge in [-0.2, -0.15) is 0 Å². The second-order valence-corrected chi connectivity index (χ2v) is 5.26. The van der Waals surface area contributed by atoms with Crippen molar-refractivity contribution >= 4 is 17.7 Å². The Kier molecular flexibility index (Phi) is 6.86. The van der Waals surface area contributed by atoms with Gasteiger partial charge in [-0.15, -0.1) is 0 Å². The summed E-state index contributed by atoms with van der Waals surface area (Å²) in [5.74, 6) is -2.17. The summed E-state index contributed by atoms with van der Waals surface area (Å²) in [6.45, 7) is -0.451. The fraction of sp³-hybridized carbons (Fsp3) is 0.211. The number of hydrogen-bond donors (Lipinski definition) is 1. The predicted molar refractivity (Wildman–Crippen MR) is 88.6 cm³/mol. The zero-order valence-electron chi connectivity index (χ0n) is 13.5. The van der Waals surface area contributed by atoms with Crippen LogP contribution in [0.3, 0.4) is 0 Å². The first kappa shape index (κ1) is 18.4. The lowest BCUT2D eigenvalue weighted by Crippen LogP contribution is -2.28. The molecule has 2 aromatic rings. The van der Waals surface area contributed by atoms with Gasteiger partial charge < -0.3 is 14.6 Å². The van der Waals surface area contributed by atoms with Gasteiger partial charge in [0.1, 0.15) is 6.61 Å². The number of carbonyl (C=O) groups is 3. The van der Waals surface area contributed by atoms with E-state index >= 15 is 0 Å². The molecule has 130 valence electrons. The van der Waals surface area contributed by atoms with Crippen LogP contribution in [0, 0.1) is 0 Å². The highest BCUT2D eigenvalue weighted by Crippen LogP contribution is 2.05.